The summed E-state index contributed by atoms with van der Waals surface area (Å²) >= 11 is 3.02. The van der Waals surface area contributed by atoms with Crippen molar-refractivity contribution in [3.8, 4) is 11.4 Å². The number of nitrogens with one attached hydrogen (secondary N) is 1. The lowest BCUT2D eigenvalue weighted by molar-refractivity contribution is -0.118. The van der Waals surface area contributed by atoms with Crippen LogP contribution in [-0.2, 0) is 11.3 Å². The van der Waals surface area contributed by atoms with Gasteiger partial charge >= 0.3 is 0 Å². The van der Waals surface area contributed by atoms with Gasteiger partial charge in [-0.15, -0.1) is 21.5 Å². The van der Waals surface area contributed by atoms with Crippen LogP contribution in [0, 0.1) is 0 Å². The number of rotatable bonds is 10. The van der Waals surface area contributed by atoms with Gasteiger partial charge in [0, 0.05) is 10.6 Å². The number of aromatic nitrogens is 3. The number of amides is 1. The van der Waals surface area contributed by atoms with Crippen molar-refractivity contribution < 1.29 is 9.53 Å². The molecule has 1 atom stereocenters. The maximum Gasteiger partial charge on any atom is 0.230 e. The lowest BCUT2D eigenvalue weighted by Crippen LogP contribution is -2.24. The average Bonchev–Trinajstić information content (AvgIpc) is 3.41. The van der Waals surface area contributed by atoms with Gasteiger partial charge in [-0.05, 0) is 56.2 Å². The van der Waals surface area contributed by atoms with Crippen LogP contribution in [0.2, 0.25) is 0 Å². The molecule has 1 amide bonds. The van der Waals surface area contributed by atoms with Crippen molar-refractivity contribution in [2.45, 2.75) is 31.1 Å². The largest absolute Gasteiger partial charge is 0.497 e. The molecule has 7 nitrogen and oxygen atoms in total. The minimum atomic E-state index is -0.0288. The third-order valence-electron chi connectivity index (χ3n) is 4.67. The van der Waals surface area contributed by atoms with Gasteiger partial charge in [0.15, 0.2) is 11.0 Å². The van der Waals surface area contributed by atoms with Crippen LogP contribution in [0.15, 0.2) is 46.9 Å². The van der Waals surface area contributed by atoms with Crippen molar-refractivity contribution in [1.82, 2.24) is 25.0 Å². The van der Waals surface area contributed by atoms with Crippen LogP contribution < -0.4 is 10.1 Å². The van der Waals surface area contributed by atoms with Crippen molar-refractivity contribution in [3.05, 3.63) is 52.5 Å². The number of nitrogens with zero attached hydrogens (tertiary/aromatic N) is 4. The maximum atomic E-state index is 12.3. The van der Waals surface area contributed by atoms with Gasteiger partial charge < -0.3 is 10.1 Å². The minimum Gasteiger partial charge on any atom is -0.497 e. The lowest BCUT2D eigenvalue weighted by Gasteiger charge is -2.23. The lowest BCUT2D eigenvalue weighted by atomic mass is 10.2. The quantitative estimate of drug-likeness (QED) is 0.479. The Morgan fingerprint density at radius 3 is 2.63 bits per heavy atom. The molecule has 0 saturated carbocycles. The standard InChI is InChI=1S/C21H27N5O2S2/c1-5-18(25(2)3)20-23-24-21(26(20)15-8-10-16(28-4)11-9-15)30-14-19(27)22-13-17-7-6-12-29-17/h6-12,18H,5,13-14H2,1-4H3,(H,22,27). The molecule has 1 N–H and O–H groups in total. The van der Waals surface area contributed by atoms with E-state index in [1.807, 2.05) is 60.4 Å². The van der Waals surface area contributed by atoms with Gasteiger partial charge in [-0.3, -0.25) is 14.3 Å². The van der Waals surface area contributed by atoms with Crippen molar-refractivity contribution in [3.63, 3.8) is 0 Å². The predicted molar refractivity (Wildman–Crippen MR) is 122 cm³/mol. The monoisotopic (exact) mass is 445 g/mol. The first-order valence-corrected chi connectivity index (χ1v) is 11.6. The summed E-state index contributed by atoms with van der Waals surface area (Å²) in [6.07, 6.45) is 0.896. The predicted octanol–water partition coefficient (Wildman–Crippen LogP) is 3.76. The van der Waals surface area contributed by atoms with Crippen LogP contribution in [0.1, 0.15) is 30.1 Å². The fourth-order valence-electron chi connectivity index (χ4n) is 3.12. The van der Waals surface area contributed by atoms with E-state index in [2.05, 4.69) is 27.3 Å². The van der Waals surface area contributed by atoms with E-state index in [-0.39, 0.29) is 17.7 Å². The van der Waals surface area contributed by atoms with Crippen LogP contribution in [0.5, 0.6) is 5.75 Å². The van der Waals surface area contributed by atoms with Gasteiger partial charge in [0.2, 0.25) is 5.91 Å². The second-order valence-corrected chi connectivity index (χ2v) is 8.88. The molecule has 3 rings (SSSR count). The van der Waals surface area contributed by atoms with E-state index in [4.69, 9.17) is 4.74 Å². The van der Waals surface area contributed by atoms with E-state index in [0.29, 0.717) is 11.7 Å². The summed E-state index contributed by atoms with van der Waals surface area (Å²) < 4.78 is 7.32. The molecule has 2 heterocycles. The molecule has 0 radical (unpaired) electrons. The summed E-state index contributed by atoms with van der Waals surface area (Å²) in [6, 6.07) is 11.9. The number of carbonyl (C=O) groups excluding carboxylic acids is 1. The van der Waals surface area contributed by atoms with Crippen LogP contribution >= 0.6 is 23.1 Å². The number of thioether (sulfide) groups is 1. The van der Waals surface area contributed by atoms with Crippen molar-refractivity contribution in [2.75, 3.05) is 27.0 Å². The van der Waals surface area contributed by atoms with E-state index in [1.54, 1.807) is 18.4 Å². The Kier molecular flexibility index (Phi) is 7.89. The molecule has 3 aromatic rings. The Balaban J connectivity index is 1.80. The Morgan fingerprint density at radius 1 is 1.27 bits per heavy atom. The minimum absolute atomic E-state index is 0.0288. The summed E-state index contributed by atoms with van der Waals surface area (Å²) in [5.74, 6) is 1.89. The van der Waals surface area contributed by atoms with E-state index >= 15 is 0 Å². The number of thiophene rings is 1. The number of carbonyl (C=O) groups is 1. The molecule has 30 heavy (non-hydrogen) atoms. The van der Waals surface area contributed by atoms with Crippen LogP contribution in [0.25, 0.3) is 5.69 Å². The molecule has 0 aliphatic carbocycles. The third kappa shape index (κ3) is 5.41. The zero-order valence-electron chi connectivity index (χ0n) is 17.7. The van der Waals surface area contributed by atoms with Gasteiger partial charge in [-0.1, -0.05) is 24.8 Å². The first kappa shape index (κ1) is 22.3. The Morgan fingerprint density at radius 2 is 2.03 bits per heavy atom. The van der Waals surface area contributed by atoms with E-state index in [0.717, 1.165) is 28.6 Å². The highest BCUT2D eigenvalue weighted by Crippen LogP contribution is 2.29. The van der Waals surface area contributed by atoms with E-state index in [1.165, 1.54) is 11.8 Å². The molecular formula is C21H27N5O2S2. The maximum absolute atomic E-state index is 12.3. The van der Waals surface area contributed by atoms with Gasteiger partial charge in [0.05, 0.1) is 25.4 Å². The van der Waals surface area contributed by atoms with Crippen molar-refractivity contribution >= 4 is 29.0 Å². The Labute approximate surface area is 185 Å². The molecule has 160 valence electrons. The summed E-state index contributed by atoms with van der Waals surface area (Å²) in [4.78, 5) is 15.6. The normalized spacial score (nSPS) is 12.2. The number of hydrogen-bond donors (Lipinski definition) is 1. The molecule has 0 saturated heterocycles. The summed E-state index contributed by atoms with van der Waals surface area (Å²) in [6.45, 7) is 2.68. The van der Waals surface area contributed by atoms with Gasteiger partial charge in [-0.25, -0.2) is 0 Å². The summed E-state index contributed by atoms with van der Waals surface area (Å²) in [5.41, 5.74) is 0.942. The van der Waals surface area contributed by atoms with Crippen molar-refractivity contribution in [1.29, 1.82) is 0 Å². The second kappa shape index (κ2) is 10.6. The average molecular weight is 446 g/mol. The first-order valence-electron chi connectivity index (χ1n) is 9.71. The highest BCUT2D eigenvalue weighted by molar-refractivity contribution is 7.99. The molecule has 0 fully saturated rings. The Bertz CT molecular complexity index is 939. The molecule has 0 bridgehead atoms. The van der Waals surface area contributed by atoms with Crippen LogP contribution in [0.3, 0.4) is 0 Å². The highest BCUT2D eigenvalue weighted by atomic mass is 32.2. The molecule has 2 aromatic heterocycles. The number of methoxy groups -OCH3 is 1. The summed E-state index contributed by atoms with van der Waals surface area (Å²) in [5, 5.41) is 14.5. The second-order valence-electron chi connectivity index (χ2n) is 6.91. The van der Waals surface area contributed by atoms with Crippen molar-refractivity contribution in [2.24, 2.45) is 0 Å². The fourth-order valence-corrected chi connectivity index (χ4v) is 4.56. The number of benzene rings is 1. The number of ether oxygens (including phenoxy) is 1. The zero-order chi connectivity index (χ0) is 21.5. The molecule has 0 aliphatic heterocycles. The summed E-state index contributed by atoms with van der Waals surface area (Å²) in [7, 11) is 5.71. The van der Waals surface area contributed by atoms with E-state index < -0.39 is 0 Å². The van der Waals surface area contributed by atoms with Crippen LogP contribution in [0.4, 0.5) is 0 Å². The number of hydrogen-bond acceptors (Lipinski definition) is 7. The van der Waals surface area contributed by atoms with Gasteiger partial charge in [-0.2, -0.15) is 0 Å². The molecular weight excluding hydrogens is 418 g/mol. The SMILES string of the molecule is CCC(c1nnc(SCC(=O)NCc2cccs2)n1-c1ccc(OC)cc1)N(C)C. The topological polar surface area (TPSA) is 72.3 Å². The third-order valence-corrected chi connectivity index (χ3v) is 6.47. The highest BCUT2D eigenvalue weighted by Gasteiger charge is 2.23. The Hall–Kier alpha value is -2.36. The fraction of sp³-hybridized carbons (Fsp3) is 0.381. The molecule has 1 unspecified atom stereocenters. The van der Waals surface area contributed by atoms with Crippen LogP contribution in [-0.4, -0.2) is 52.5 Å². The van der Waals surface area contributed by atoms with Gasteiger partial charge in [0.25, 0.3) is 0 Å². The first-order chi connectivity index (χ1) is 14.5. The molecule has 1 aromatic carbocycles. The molecule has 0 spiro atoms. The zero-order valence-corrected chi connectivity index (χ0v) is 19.3. The van der Waals surface area contributed by atoms with Gasteiger partial charge in [0.1, 0.15) is 5.75 Å². The smallest absolute Gasteiger partial charge is 0.230 e. The molecule has 0 aliphatic rings. The molecule has 9 heteroatoms. The van der Waals surface area contributed by atoms with E-state index in [9.17, 15) is 4.79 Å².